The zero-order valence-electron chi connectivity index (χ0n) is 14.4. The summed E-state index contributed by atoms with van der Waals surface area (Å²) in [6.07, 6.45) is -13.7. The van der Waals surface area contributed by atoms with Gasteiger partial charge in [-0.3, -0.25) is 4.79 Å². The average molecular weight is 436 g/mol. The van der Waals surface area contributed by atoms with E-state index in [1.807, 2.05) is 0 Å². The molecule has 1 aromatic rings. The van der Waals surface area contributed by atoms with Gasteiger partial charge in [0.05, 0.1) is 22.3 Å². The Labute approximate surface area is 156 Å². The molecule has 0 heterocycles. The number of para-hydroxylation sites is 1. The molecular formula is C15H16F6NO5S-. The first-order chi connectivity index (χ1) is 12.6. The maximum absolute atomic E-state index is 13.1. The van der Waals surface area contributed by atoms with E-state index in [4.69, 9.17) is 0 Å². The summed E-state index contributed by atoms with van der Waals surface area (Å²) in [5.41, 5.74) is -4.89. The molecule has 0 aliphatic carbocycles. The summed E-state index contributed by atoms with van der Waals surface area (Å²) in [6, 6.07) is 8.15. The number of benzene rings is 1. The van der Waals surface area contributed by atoms with Crippen LogP contribution in [0.4, 0.5) is 32.0 Å². The first kappa shape index (κ1) is 24.0. The highest BCUT2D eigenvalue weighted by atomic mass is 32.2. The van der Waals surface area contributed by atoms with E-state index in [1.165, 1.54) is 4.90 Å². The van der Waals surface area contributed by atoms with Crippen molar-refractivity contribution in [3.8, 4) is 0 Å². The predicted octanol–water partition coefficient (Wildman–Crippen LogP) is 2.85. The molecule has 0 radical (unpaired) electrons. The van der Waals surface area contributed by atoms with Crippen LogP contribution in [0.25, 0.3) is 0 Å². The lowest BCUT2D eigenvalue weighted by atomic mass is 10.1. The van der Waals surface area contributed by atoms with Gasteiger partial charge in [-0.25, -0.2) is 8.42 Å². The SMILES string of the molecule is CCN(CCC(=O)OC(CS(=O)(=O)[O-])(C(F)(F)F)C(F)(F)F)c1ccccc1. The smallest absolute Gasteiger partial charge is 0.438 e. The van der Waals surface area contributed by atoms with E-state index in [2.05, 4.69) is 4.74 Å². The van der Waals surface area contributed by atoms with Crippen molar-refractivity contribution in [3.63, 3.8) is 0 Å². The first-order valence-electron chi connectivity index (χ1n) is 7.72. The highest BCUT2D eigenvalue weighted by molar-refractivity contribution is 7.85. The van der Waals surface area contributed by atoms with Gasteiger partial charge >= 0.3 is 23.9 Å². The lowest BCUT2D eigenvalue weighted by Gasteiger charge is -2.37. The topological polar surface area (TPSA) is 86.7 Å². The van der Waals surface area contributed by atoms with Gasteiger partial charge in [0.15, 0.2) is 0 Å². The summed E-state index contributed by atoms with van der Waals surface area (Å²) in [5.74, 6) is -4.96. The van der Waals surface area contributed by atoms with Crippen molar-refractivity contribution in [1.82, 2.24) is 0 Å². The molecule has 28 heavy (non-hydrogen) atoms. The number of hydrogen-bond donors (Lipinski definition) is 0. The summed E-state index contributed by atoms with van der Waals surface area (Å²) in [5, 5.41) is 0. The Morgan fingerprint density at radius 1 is 1.07 bits per heavy atom. The van der Waals surface area contributed by atoms with Crippen LogP contribution in [0.2, 0.25) is 0 Å². The summed E-state index contributed by atoms with van der Waals surface area (Å²) in [6.45, 7) is 1.61. The van der Waals surface area contributed by atoms with E-state index >= 15 is 0 Å². The Morgan fingerprint density at radius 3 is 1.96 bits per heavy atom. The zero-order chi connectivity index (χ0) is 21.8. The third kappa shape index (κ3) is 5.99. The molecule has 0 aliphatic heterocycles. The molecule has 0 fully saturated rings. The molecule has 0 bridgehead atoms. The van der Waals surface area contributed by atoms with E-state index in [9.17, 15) is 44.1 Å². The molecule has 0 aliphatic rings. The molecule has 6 nitrogen and oxygen atoms in total. The van der Waals surface area contributed by atoms with Gasteiger partial charge in [-0.15, -0.1) is 0 Å². The van der Waals surface area contributed by atoms with Crippen LogP contribution < -0.4 is 4.90 Å². The van der Waals surface area contributed by atoms with Gasteiger partial charge in [0.2, 0.25) is 0 Å². The van der Waals surface area contributed by atoms with Crippen LogP contribution in [0, 0.1) is 0 Å². The summed E-state index contributed by atoms with van der Waals surface area (Å²) in [7, 11) is -6.05. The standard InChI is InChI=1S/C15H17F6NO5S/c1-2-22(11-6-4-3-5-7-11)9-8-12(23)27-13(14(16,17)18,15(19,20)21)10-28(24,25)26/h3-7H,2,8-10H2,1H3,(H,24,25,26)/p-1. The third-order valence-electron chi connectivity index (χ3n) is 3.67. The van der Waals surface area contributed by atoms with Crippen LogP contribution in [0.1, 0.15) is 13.3 Å². The van der Waals surface area contributed by atoms with Crippen LogP contribution in [0.3, 0.4) is 0 Å². The molecule has 0 atom stereocenters. The van der Waals surface area contributed by atoms with Gasteiger partial charge in [-0.1, -0.05) is 18.2 Å². The number of anilines is 1. The molecule has 0 aromatic heterocycles. The van der Waals surface area contributed by atoms with Gasteiger partial charge in [0.1, 0.15) is 0 Å². The van der Waals surface area contributed by atoms with Gasteiger partial charge in [-0.05, 0) is 19.1 Å². The fraction of sp³-hybridized carbons (Fsp3) is 0.533. The number of rotatable bonds is 8. The summed E-state index contributed by atoms with van der Waals surface area (Å²) >= 11 is 0. The molecule has 1 rings (SSSR count). The quantitative estimate of drug-likeness (QED) is 0.354. The minimum absolute atomic E-state index is 0.274. The Kier molecular flexibility index (Phi) is 7.34. The van der Waals surface area contributed by atoms with Crippen molar-refractivity contribution in [1.29, 1.82) is 0 Å². The van der Waals surface area contributed by atoms with E-state index in [0.717, 1.165) is 0 Å². The van der Waals surface area contributed by atoms with Crippen molar-refractivity contribution in [2.75, 3.05) is 23.7 Å². The molecule has 0 amide bonds. The highest BCUT2D eigenvalue weighted by Crippen LogP contribution is 2.47. The number of carbonyl (C=O) groups excluding carboxylic acids is 1. The second-order valence-electron chi connectivity index (χ2n) is 5.66. The van der Waals surface area contributed by atoms with Crippen LogP contribution in [-0.2, 0) is 19.6 Å². The molecule has 1 aromatic carbocycles. The maximum Gasteiger partial charge on any atom is 0.438 e. The van der Waals surface area contributed by atoms with Crippen molar-refractivity contribution in [2.45, 2.75) is 31.3 Å². The van der Waals surface area contributed by atoms with Crippen LogP contribution in [0.5, 0.6) is 0 Å². The molecule has 0 N–H and O–H groups in total. The fourth-order valence-corrected chi connectivity index (χ4v) is 3.18. The van der Waals surface area contributed by atoms with Crippen molar-refractivity contribution in [3.05, 3.63) is 30.3 Å². The number of esters is 1. The lowest BCUT2D eigenvalue weighted by molar-refractivity contribution is -0.361. The Morgan fingerprint density at radius 2 is 1.57 bits per heavy atom. The number of halogens is 6. The van der Waals surface area contributed by atoms with Crippen LogP contribution in [-0.4, -0.2) is 55.7 Å². The second-order valence-corrected chi connectivity index (χ2v) is 7.07. The molecule has 160 valence electrons. The Hall–Kier alpha value is -2.02. The molecule has 0 saturated heterocycles. The third-order valence-corrected chi connectivity index (χ3v) is 4.43. The van der Waals surface area contributed by atoms with E-state index in [-0.39, 0.29) is 13.1 Å². The van der Waals surface area contributed by atoms with E-state index in [0.29, 0.717) is 5.69 Å². The average Bonchev–Trinajstić information content (AvgIpc) is 2.52. The number of nitrogens with zero attached hydrogens (tertiary/aromatic N) is 1. The molecule has 0 saturated carbocycles. The van der Waals surface area contributed by atoms with Gasteiger partial charge in [0, 0.05) is 18.8 Å². The van der Waals surface area contributed by atoms with E-state index < -0.39 is 46.2 Å². The molecular weight excluding hydrogens is 420 g/mol. The predicted molar refractivity (Wildman–Crippen MR) is 84.4 cm³/mol. The normalized spacial score (nSPS) is 13.3. The number of hydrogen-bond acceptors (Lipinski definition) is 6. The Bertz CT molecular complexity index is 749. The Balaban J connectivity index is 3.07. The monoisotopic (exact) mass is 436 g/mol. The van der Waals surface area contributed by atoms with E-state index in [1.54, 1.807) is 37.3 Å². The number of ether oxygens (including phenoxy) is 1. The minimum Gasteiger partial charge on any atom is -0.748 e. The first-order valence-corrected chi connectivity index (χ1v) is 9.29. The largest absolute Gasteiger partial charge is 0.748 e. The highest BCUT2D eigenvalue weighted by Gasteiger charge is 2.75. The summed E-state index contributed by atoms with van der Waals surface area (Å²) < 4.78 is 114. The lowest BCUT2D eigenvalue weighted by Crippen LogP contribution is -2.63. The van der Waals surface area contributed by atoms with Crippen LogP contribution >= 0.6 is 0 Å². The number of carbonyl (C=O) groups is 1. The number of alkyl halides is 6. The van der Waals surface area contributed by atoms with Crippen LogP contribution in [0.15, 0.2) is 30.3 Å². The van der Waals surface area contributed by atoms with Gasteiger partial charge in [-0.2, -0.15) is 26.3 Å². The molecule has 0 unspecified atom stereocenters. The second kappa shape index (κ2) is 8.55. The fourth-order valence-electron chi connectivity index (χ4n) is 2.30. The maximum atomic E-state index is 13.1. The van der Waals surface area contributed by atoms with Gasteiger partial charge in [0.25, 0.3) is 0 Å². The summed E-state index contributed by atoms with van der Waals surface area (Å²) in [4.78, 5) is 13.2. The van der Waals surface area contributed by atoms with Crippen molar-refractivity contribution in [2.24, 2.45) is 0 Å². The zero-order valence-corrected chi connectivity index (χ0v) is 15.2. The molecule has 0 spiro atoms. The molecule has 13 heteroatoms. The van der Waals surface area contributed by atoms with Gasteiger partial charge < -0.3 is 14.2 Å². The minimum atomic E-state index is -6.37. The van der Waals surface area contributed by atoms with Crippen molar-refractivity contribution >= 4 is 21.8 Å². The van der Waals surface area contributed by atoms with Crippen molar-refractivity contribution < 1.29 is 48.8 Å².